The van der Waals surface area contributed by atoms with Crippen LogP contribution in [0.25, 0.3) is 0 Å². The van der Waals surface area contributed by atoms with Gasteiger partial charge in [0.2, 0.25) is 5.91 Å². The van der Waals surface area contributed by atoms with Gasteiger partial charge in [-0.05, 0) is 56.5 Å². The van der Waals surface area contributed by atoms with Crippen molar-refractivity contribution in [3.05, 3.63) is 48.3 Å². The first-order valence-electron chi connectivity index (χ1n) is 10.4. The molecular weight excluding hydrogens is 385 g/mol. The average molecular weight is 411 g/mol. The van der Waals surface area contributed by atoms with E-state index >= 15 is 0 Å². The van der Waals surface area contributed by atoms with Crippen LogP contribution in [0.1, 0.15) is 32.6 Å². The van der Waals surface area contributed by atoms with Crippen LogP contribution in [0.5, 0.6) is 5.75 Å². The molecule has 7 heteroatoms. The van der Waals surface area contributed by atoms with E-state index in [0.29, 0.717) is 17.1 Å². The van der Waals surface area contributed by atoms with Gasteiger partial charge in [0, 0.05) is 26.1 Å². The lowest BCUT2D eigenvalue weighted by atomic mass is 10.1. The molecule has 2 heterocycles. The van der Waals surface area contributed by atoms with Crippen LogP contribution in [0.15, 0.2) is 42.5 Å². The summed E-state index contributed by atoms with van der Waals surface area (Å²) in [4.78, 5) is 29.0. The first kappa shape index (κ1) is 20.2. The number of nitrogens with one attached hydrogen (secondary N) is 1. The Hall–Kier alpha value is -3.09. The van der Waals surface area contributed by atoms with Gasteiger partial charge in [0.15, 0.2) is 6.10 Å². The Morgan fingerprint density at radius 1 is 1.13 bits per heavy atom. The summed E-state index contributed by atoms with van der Waals surface area (Å²) in [7, 11) is 0. The van der Waals surface area contributed by atoms with Crippen LogP contribution in [0.3, 0.4) is 0 Å². The van der Waals surface area contributed by atoms with Gasteiger partial charge in [-0.15, -0.1) is 0 Å². The Labute approximate surface area is 175 Å². The zero-order valence-corrected chi connectivity index (χ0v) is 17.1. The van der Waals surface area contributed by atoms with E-state index in [-0.39, 0.29) is 24.8 Å². The highest BCUT2D eigenvalue weighted by molar-refractivity contribution is 6.01. The Morgan fingerprint density at radius 3 is 2.70 bits per heavy atom. The van der Waals surface area contributed by atoms with Gasteiger partial charge in [0.25, 0.3) is 5.91 Å². The van der Waals surface area contributed by atoms with E-state index in [1.807, 2.05) is 18.2 Å². The van der Waals surface area contributed by atoms with Crippen molar-refractivity contribution in [2.45, 2.75) is 38.7 Å². The minimum atomic E-state index is -0.600. The third-order valence-electron chi connectivity index (χ3n) is 5.57. The summed E-state index contributed by atoms with van der Waals surface area (Å²) >= 11 is 0. The van der Waals surface area contributed by atoms with Gasteiger partial charge >= 0.3 is 0 Å². The number of ether oxygens (including phenoxy) is 1. The number of rotatable bonds is 5. The van der Waals surface area contributed by atoms with Gasteiger partial charge in [-0.25, -0.2) is 4.39 Å². The molecule has 1 saturated heterocycles. The van der Waals surface area contributed by atoms with Crippen LogP contribution >= 0.6 is 0 Å². The van der Waals surface area contributed by atoms with Gasteiger partial charge < -0.3 is 19.9 Å². The number of anilines is 3. The van der Waals surface area contributed by atoms with Crippen LogP contribution in [0, 0.1) is 5.82 Å². The number of nitrogens with zero attached hydrogens (tertiary/aromatic N) is 2. The predicted molar refractivity (Wildman–Crippen MR) is 115 cm³/mol. The van der Waals surface area contributed by atoms with Gasteiger partial charge in [-0.2, -0.15) is 0 Å². The Morgan fingerprint density at radius 2 is 1.90 bits per heavy atom. The van der Waals surface area contributed by atoms with Crippen LogP contribution in [-0.4, -0.2) is 37.6 Å². The number of halogens is 1. The maximum absolute atomic E-state index is 13.9. The van der Waals surface area contributed by atoms with Crippen molar-refractivity contribution in [2.24, 2.45) is 0 Å². The topological polar surface area (TPSA) is 61.9 Å². The highest BCUT2D eigenvalue weighted by Gasteiger charge is 2.31. The molecule has 4 rings (SSSR count). The monoisotopic (exact) mass is 411 g/mol. The quantitative estimate of drug-likeness (QED) is 0.809. The molecule has 1 N–H and O–H groups in total. The number of amides is 2. The highest BCUT2D eigenvalue weighted by Crippen LogP contribution is 2.34. The fourth-order valence-corrected chi connectivity index (χ4v) is 4.03. The van der Waals surface area contributed by atoms with E-state index in [4.69, 9.17) is 4.74 Å². The second kappa shape index (κ2) is 8.73. The number of fused-ring (bicyclic) bond motifs is 1. The second-order valence-electron chi connectivity index (χ2n) is 7.73. The maximum Gasteiger partial charge on any atom is 0.267 e. The molecule has 1 atom stereocenters. The van der Waals surface area contributed by atoms with E-state index in [1.54, 1.807) is 24.0 Å². The van der Waals surface area contributed by atoms with Gasteiger partial charge in [0.05, 0.1) is 17.1 Å². The molecule has 2 aliphatic heterocycles. The molecular formula is C23H26FN3O3. The van der Waals surface area contributed by atoms with Crippen molar-refractivity contribution < 1.29 is 18.7 Å². The molecule has 2 aromatic carbocycles. The molecule has 2 aromatic rings. The molecule has 1 unspecified atom stereocenters. The normalized spacial score (nSPS) is 18.6. The summed E-state index contributed by atoms with van der Waals surface area (Å²) in [5, 5.41) is 2.85. The van der Waals surface area contributed by atoms with Crippen molar-refractivity contribution in [2.75, 3.05) is 34.8 Å². The molecule has 1 fully saturated rings. The fourth-order valence-electron chi connectivity index (χ4n) is 4.03. The lowest BCUT2D eigenvalue weighted by Crippen LogP contribution is -2.45. The Bertz CT molecular complexity index is 943. The SMILES string of the molecule is CC1Oc2ccccc2N(CCC(=O)Nc2cc(F)ccc2N2CCCCC2)C1=O. The Balaban J connectivity index is 1.46. The molecule has 0 aliphatic carbocycles. The second-order valence-corrected chi connectivity index (χ2v) is 7.73. The molecule has 0 spiro atoms. The zero-order valence-electron chi connectivity index (χ0n) is 17.1. The average Bonchev–Trinajstić information content (AvgIpc) is 2.75. The molecule has 30 heavy (non-hydrogen) atoms. The number of para-hydroxylation sites is 2. The summed E-state index contributed by atoms with van der Waals surface area (Å²) in [6.07, 6.45) is 2.86. The van der Waals surface area contributed by atoms with Crippen molar-refractivity contribution in [1.82, 2.24) is 0 Å². The van der Waals surface area contributed by atoms with Crippen LogP contribution in [0.4, 0.5) is 21.5 Å². The van der Waals surface area contributed by atoms with Gasteiger partial charge in [-0.3, -0.25) is 9.59 Å². The highest BCUT2D eigenvalue weighted by atomic mass is 19.1. The molecule has 0 radical (unpaired) electrons. The zero-order chi connectivity index (χ0) is 21.1. The standard InChI is InChI=1S/C23H26FN3O3/c1-16-23(29)27(20-7-3-4-8-21(20)30-16)14-11-22(28)25-18-15-17(24)9-10-19(18)26-12-5-2-6-13-26/h3-4,7-10,15-16H,2,5-6,11-14H2,1H3,(H,25,28). The third-order valence-corrected chi connectivity index (χ3v) is 5.57. The lowest BCUT2D eigenvalue weighted by molar-refractivity contribution is -0.125. The summed E-state index contributed by atoms with van der Waals surface area (Å²) in [5.74, 6) is -0.204. The van der Waals surface area contributed by atoms with E-state index in [9.17, 15) is 14.0 Å². The van der Waals surface area contributed by atoms with Crippen molar-refractivity contribution in [3.63, 3.8) is 0 Å². The molecule has 6 nitrogen and oxygen atoms in total. The number of benzene rings is 2. The third kappa shape index (κ3) is 4.25. The molecule has 2 amide bonds. The molecule has 0 bridgehead atoms. The van der Waals surface area contributed by atoms with Crippen molar-refractivity contribution in [1.29, 1.82) is 0 Å². The largest absolute Gasteiger partial charge is 0.479 e. The predicted octanol–water partition coefficient (Wildman–Crippen LogP) is 3.96. The molecule has 158 valence electrons. The first-order valence-corrected chi connectivity index (χ1v) is 10.4. The van der Waals surface area contributed by atoms with E-state index in [0.717, 1.165) is 31.6 Å². The first-order chi connectivity index (χ1) is 14.5. The van der Waals surface area contributed by atoms with E-state index < -0.39 is 11.9 Å². The number of hydrogen-bond donors (Lipinski definition) is 1. The smallest absolute Gasteiger partial charge is 0.267 e. The number of carbonyl (C=O) groups excluding carboxylic acids is 2. The number of hydrogen-bond acceptors (Lipinski definition) is 4. The maximum atomic E-state index is 13.9. The number of carbonyl (C=O) groups is 2. The summed E-state index contributed by atoms with van der Waals surface area (Å²) in [6.45, 7) is 3.71. The summed E-state index contributed by atoms with van der Waals surface area (Å²) < 4.78 is 19.5. The van der Waals surface area contributed by atoms with Crippen LogP contribution < -0.4 is 19.9 Å². The van der Waals surface area contributed by atoms with Crippen molar-refractivity contribution >= 4 is 28.9 Å². The van der Waals surface area contributed by atoms with Gasteiger partial charge in [0.1, 0.15) is 11.6 Å². The van der Waals surface area contributed by atoms with E-state index in [1.165, 1.54) is 18.6 Å². The molecule has 0 saturated carbocycles. The Kier molecular flexibility index (Phi) is 5.88. The van der Waals surface area contributed by atoms with Crippen molar-refractivity contribution in [3.8, 4) is 5.75 Å². The summed E-state index contributed by atoms with van der Waals surface area (Å²) in [6, 6.07) is 11.8. The van der Waals surface area contributed by atoms with Crippen LogP contribution in [-0.2, 0) is 9.59 Å². The minimum absolute atomic E-state index is 0.0999. The van der Waals surface area contributed by atoms with Crippen LogP contribution in [0.2, 0.25) is 0 Å². The lowest BCUT2D eigenvalue weighted by Gasteiger charge is -2.33. The minimum Gasteiger partial charge on any atom is -0.479 e. The molecule has 0 aromatic heterocycles. The fraction of sp³-hybridized carbons (Fsp3) is 0.391. The summed E-state index contributed by atoms with van der Waals surface area (Å²) in [5.41, 5.74) is 1.98. The van der Waals surface area contributed by atoms with E-state index in [2.05, 4.69) is 10.2 Å². The number of piperidine rings is 1. The van der Waals surface area contributed by atoms with Gasteiger partial charge in [-0.1, -0.05) is 12.1 Å². The molecule has 2 aliphatic rings.